The molecule has 0 radical (unpaired) electrons. The Bertz CT molecular complexity index is 760. The minimum Gasteiger partial charge on any atom is -0.477 e. The number of nitrogens with zero attached hydrogens (tertiary/aromatic N) is 2. The lowest BCUT2D eigenvalue weighted by atomic mass is 10.0. The van der Waals surface area contributed by atoms with E-state index in [1.54, 1.807) is 11.5 Å². The van der Waals surface area contributed by atoms with Gasteiger partial charge in [-0.2, -0.15) is 0 Å². The van der Waals surface area contributed by atoms with Crippen molar-refractivity contribution in [1.82, 2.24) is 9.55 Å². The van der Waals surface area contributed by atoms with Gasteiger partial charge in [0.25, 0.3) is 5.56 Å². The topological polar surface area (TPSA) is 72.2 Å². The summed E-state index contributed by atoms with van der Waals surface area (Å²) in [4.78, 5) is 29.2. The van der Waals surface area contributed by atoms with Gasteiger partial charge in [0.1, 0.15) is 15.5 Å². The van der Waals surface area contributed by atoms with Crippen molar-refractivity contribution in [2.75, 3.05) is 0 Å². The molecule has 0 saturated heterocycles. The monoisotopic (exact) mass is 292 g/mol. The molecule has 1 atom stereocenters. The second-order valence-corrected chi connectivity index (χ2v) is 6.46. The fourth-order valence-electron chi connectivity index (χ4n) is 2.75. The number of hydrogen-bond acceptors (Lipinski definition) is 4. The van der Waals surface area contributed by atoms with E-state index in [2.05, 4.69) is 11.9 Å². The minimum atomic E-state index is -0.987. The molecule has 0 aromatic carbocycles. The summed E-state index contributed by atoms with van der Waals surface area (Å²) >= 11 is 1.10. The van der Waals surface area contributed by atoms with Crippen LogP contribution in [0.25, 0.3) is 10.2 Å². The third-order valence-corrected chi connectivity index (χ3v) is 5.20. The van der Waals surface area contributed by atoms with Crippen molar-refractivity contribution in [3.05, 3.63) is 26.6 Å². The van der Waals surface area contributed by atoms with Crippen LogP contribution in [0.15, 0.2) is 4.79 Å². The van der Waals surface area contributed by atoms with Crippen molar-refractivity contribution in [2.45, 2.75) is 39.7 Å². The Morgan fingerprint density at radius 3 is 2.90 bits per heavy atom. The van der Waals surface area contributed by atoms with Crippen LogP contribution in [-0.4, -0.2) is 20.6 Å². The maximum atomic E-state index is 12.6. The number of fused-ring (bicyclic) bond motifs is 2. The van der Waals surface area contributed by atoms with Crippen LogP contribution in [0.4, 0.5) is 0 Å². The summed E-state index contributed by atoms with van der Waals surface area (Å²) in [6.07, 6.45) is 2.77. The largest absolute Gasteiger partial charge is 0.477 e. The summed E-state index contributed by atoms with van der Waals surface area (Å²) in [6.45, 7) is 4.56. The number of thiophene rings is 1. The Balaban J connectivity index is 2.28. The number of rotatable bonds is 1. The molecule has 0 saturated carbocycles. The van der Waals surface area contributed by atoms with Crippen molar-refractivity contribution < 1.29 is 9.90 Å². The molecule has 3 heterocycles. The van der Waals surface area contributed by atoms with Gasteiger partial charge < -0.3 is 5.11 Å². The van der Waals surface area contributed by atoms with Crippen LogP contribution in [0.3, 0.4) is 0 Å². The minimum absolute atomic E-state index is 0.0830. The highest BCUT2D eigenvalue weighted by molar-refractivity contribution is 7.20. The highest BCUT2D eigenvalue weighted by Crippen LogP contribution is 2.28. The van der Waals surface area contributed by atoms with E-state index in [0.29, 0.717) is 28.2 Å². The zero-order valence-electron chi connectivity index (χ0n) is 11.5. The molecule has 1 N–H and O–H groups in total. The van der Waals surface area contributed by atoms with Crippen LogP contribution in [0, 0.1) is 12.8 Å². The second-order valence-electron chi connectivity index (χ2n) is 5.46. The smallest absolute Gasteiger partial charge is 0.346 e. The molecule has 2 aromatic rings. The number of carboxylic acid groups (broad SMARTS) is 1. The number of carbonyl (C=O) groups is 1. The Morgan fingerprint density at radius 1 is 1.45 bits per heavy atom. The third-order valence-electron chi connectivity index (χ3n) is 4.03. The van der Waals surface area contributed by atoms with Crippen LogP contribution in [0.2, 0.25) is 0 Å². The van der Waals surface area contributed by atoms with Gasteiger partial charge in [0.05, 0.1) is 5.39 Å². The Morgan fingerprint density at radius 2 is 2.20 bits per heavy atom. The molecule has 1 aliphatic rings. The molecule has 0 amide bonds. The molecule has 0 bridgehead atoms. The first-order valence-electron chi connectivity index (χ1n) is 6.75. The molecule has 0 fully saturated rings. The van der Waals surface area contributed by atoms with Gasteiger partial charge >= 0.3 is 5.97 Å². The van der Waals surface area contributed by atoms with Crippen LogP contribution >= 0.6 is 11.3 Å². The highest BCUT2D eigenvalue weighted by Gasteiger charge is 2.22. The second kappa shape index (κ2) is 4.70. The summed E-state index contributed by atoms with van der Waals surface area (Å²) in [6, 6.07) is 0. The van der Waals surface area contributed by atoms with Crippen molar-refractivity contribution in [1.29, 1.82) is 0 Å². The average molecular weight is 292 g/mol. The molecule has 1 aliphatic heterocycles. The van der Waals surface area contributed by atoms with E-state index in [1.165, 1.54) is 0 Å². The SMILES string of the molecule is Cc1c(C(=O)O)sc2nc3n(c(=O)c12)CC[C@H](C)CC3. The first-order valence-corrected chi connectivity index (χ1v) is 7.56. The zero-order valence-corrected chi connectivity index (χ0v) is 12.3. The van der Waals surface area contributed by atoms with Gasteiger partial charge in [-0.1, -0.05) is 6.92 Å². The maximum Gasteiger partial charge on any atom is 0.346 e. The Labute approximate surface area is 119 Å². The van der Waals surface area contributed by atoms with E-state index in [9.17, 15) is 14.7 Å². The van der Waals surface area contributed by atoms with E-state index in [0.717, 1.165) is 36.4 Å². The molecule has 0 aliphatic carbocycles. The molecule has 3 rings (SSSR count). The molecule has 106 valence electrons. The molecule has 2 aromatic heterocycles. The standard InChI is InChI=1S/C14H16N2O3S/c1-7-3-4-9-15-12-10(13(17)16(9)6-5-7)8(2)11(20-12)14(18)19/h7H,3-6H2,1-2H3,(H,18,19)/t7-/m1/s1. The van der Waals surface area contributed by atoms with Crippen molar-refractivity contribution in [3.8, 4) is 0 Å². The maximum absolute atomic E-state index is 12.6. The summed E-state index contributed by atoms with van der Waals surface area (Å²) in [7, 11) is 0. The van der Waals surface area contributed by atoms with Gasteiger partial charge in [-0.3, -0.25) is 9.36 Å². The number of hydrogen-bond donors (Lipinski definition) is 1. The van der Waals surface area contributed by atoms with Gasteiger partial charge in [-0.05, 0) is 31.2 Å². The van der Waals surface area contributed by atoms with E-state index < -0.39 is 5.97 Å². The first-order chi connectivity index (χ1) is 9.49. The predicted molar refractivity (Wildman–Crippen MR) is 77.7 cm³/mol. The number of aromatic nitrogens is 2. The summed E-state index contributed by atoms with van der Waals surface area (Å²) < 4.78 is 1.73. The normalized spacial score (nSPS) is 18.8. The van der Waals surface area contributed by atoms with Gasteiger partial charge in [0.15, 0.2) is 0 Å². The molecular formula is C14H16N2O3S. The number of carboxylic acids is 1. The number of aromatic carboxylic acids is 1. The van der Waals surface area contributed by atoms with E-state index in [-0.39, 0.29) is 10.4 Å². The third kappa shape index (κ3) is 1.95. The van der Waals surface area contributed by atoms with Crippen LogP contribution < -0.4 is 5.56 Å². The molecule has 6 heteroatoms. The van der Waals surface area contributed by atoms with Gasteiger partial charge in [0.2, 0.25) is 0 Å². The van der Waals surface area contributed by atoms with Crippen molar-refractivity contribution in [3.63, 3.8) is 0 Å². The van der Waals surface area contributed by atoms with E-state index in [4.69, 9.17) is 0 Å². The van der Waals surface area contributed by atoms with Gasteiger partial charge in [-0.25, -0.2) is 9.78 Å². The molecule has 0 spiro atoms. The highest BCUT2D eigenvalue weighted by atomic mass is 32.1. The van der Waals surface area contributed by atoms with Crippen LogP contribution in [-0.2, 0) is 13.0 Å². The van der Waals surface area contributed by atoms with Crippen molar-refractivity contribution >= 4 is 27.5 Å². The lowest BCUT2D eigenvalue weighted by Gasteiger charge is -2.08. The molecular weight excluding hydrogens is 276 g/mol. The van der Waals surface area contributed by atoms with Gasteiger partial charge in [-0.15, -0.1) is 11.3 Å². The lowest BCUT2D eigenvalue weighted by molar-refractivity contribution is 0.0701. The molecule has 5 nitrogen and oxygen atoms in total. The van der Waals surface area contributed by atoms with Crippen molar-refractivity contribution in [2.24, 2.45) is 5.92 Å². The Hall–Kier alpha value is -1.69. The summed E-state index contributed by atoms with van der Waals surface area (Å²) in [5.41, 5.74) is 0.461. The molecule has 0 unspecified atom stereocenters. The Kier molecular flexibility index (Phi) is 3.12. The number of aryl methyl sites for hydroxylation is 2. The molecule has 20 heavy (non-hydrogen) atoms. The quantitative estimate of drug-likeness (QED) is 0.876. The van der Waals surface area contributed by atoms with Gasteiger partial charge in [0, 0.05) is 13.0 Å². The first kappa shape index (κ1) is 13.3. The van der Waals surface area contributed by atoms with Crippen LogP contribution in [0.5, 0.6) is 0 Å². The summed E-state index contributed by atoms with van der Waals surface area (Å²) in [5.74, 6) is 0.397. The van der Waals surface area contributed by atoms with Crippen LogP contribution in [0.1, 0.15) is 40.8 Å². The summed E-state index contributed by atoms with van der Waals surface area (Å²) in [5, 5.41) is 9.65. The zero-order chi connectivity index (χ0) is 14.4. The average Bonchev–Trinajstić information content (AvgIpc) is 2.60. The predicted octanol–water partition coefficient (Wildman–Crippen LogP) is 2.44. The lowest BCUT2D eigenvalue weighted by Crippen LogP contribution is -2.24. The van der Waals surface area contributed by atoms with E-state index in [1.807, 2.05) is 0 Å². The fraction of sp³-hybridized carbons (Fsp3) is 0.500. The van der Waals surface area contributed by atoms with E-state index >= 15 is 0 Å². The fourth-order valence-corrected chi connectivity index (χ4v) is 3.78.